The molecule has 3 rings (SSSR count). The summed E-state index contributed by atoms with van der Waals surface area (Å²) in [5.74, 6) is 1.94. The van der Waals surface area contributed by atoms with E-state index in [4.69, 9.17) is 0 Å². The van der Waals surface area contributed by atoms with Gasteiger partial charge in [-0.2, -0.15) is 0 Å². The standard InChI is InChI=1S/C24H32N2O/c1-19(17-20-9-4-2-5-10-20)23(21-11-8-16-25-18-21)14-15-24(27)26-22-12-6-3-7-13-22/h2-7,9-10,12-13,19,21,23,25H,8,11,14-18H2,1H3,(H,26,27). The zero-order valence-corrected chi connectivity index (χ0v) is 16.4. The third-order valence-corrected chi connectivity index (χ3v) is 5.83. The molecule has 0 aromatic heterocycles. The molecule has 0 radical (unpaired) electrons. The van der Waals surface area contributed by atoms with Crippen LogP contribution in [0.1, 0.15) is 38.2 Å². The second-order valence-corrected chi connectivity index (χ2v) is 7.89. The minimum atomic E-state index is 0.127. The van der Waals surface area contributed by atoms with E-state index in [1.807, 2.05) is 30.3 Å². The molecule has 144 valence electrons. The highest BCUT2D eigenvalue weighted by Gasteiger charge is 2.28. The van der Waals surface area contributed by atoms with E-state index in [0.29, 0.717) is 24.2 Å². The smallest absolute Gasteiger partial charge is 0.224 e. The molecule has 3 nitrogen and oxygen atoms in total. The van der Waals surface area contributed by atoms with Crippen LogP contribution in [0.3, 0.4) is 0 Å². The SMILES string of the molecule is CC(Cc1ccccc1)C(CCC(=O)Nc1ccccc1)C1CCCNC1. The Morgan fingerprint density at radius 2 is 1.81 bits per heavy atom. The Kier molecular flexibility index (Phi) is 7.46. The van der Waals surface area contributed by atoms with Crippen molar-refractivity contribution < 1.29 is 4.79 Å². The highest BCUT2D eigenvalue weighted by molar-refractivity contribution is 5.90. The molecule has 1 aliphatic heterocycles. The van der Waals surface area contributed by atoms with Gasteiger partial charge in [0.1, 0.15) is 0 Å². The first-order valence-electron chi connectivity index (χ1n) is 10.3. The molecule has 0 bridgehead atoms. The molecular weight excluding hydrogens is 332 g/mol. The van der Waals surface area contributed by atoms with E-state index in [9.17, 15) is 4.79 Å². The van der Waals surface area contributed by atoms with Gasteiger partial charge in [-0.05, 0) is 74.2 Å². The first kappa shape index (κ1) is 19.6. The second kappa shape index (κ2) is 10.3. The average Bonchev–Trinajstić information content (AvgIpc) is 2.70. The number of amides is 1. The van der Waals surface area contributed by atoms with E-state index in [1.54, 1.807) is 0 Å². The van der Waals surface area contributed by atoms with Crippen molar-refractivity contribution in [3.63, 3.8) is 0 Å². The van der Waals surface area contributed by atoms with E-state index in [-0.39, 0.29) is 5.91 Å². The quantitative estimate of drug-likeness (QED) is 0.699. The highest BCUT2D eigenvalue weighted by Crippen LogP contribution is 2.32. The Hall–Kier alpha value is -2.13. The van der Waals surface area contributed by atoms with Crippen LogP contribution in [0.4, 0.5) is 5.69 Å². The van der Waals surface area contributed by atoms with Crippen molar-refractivity contribution in [1.29, 1.82) is 0 Å². The largest absolute Gasteiger partial charge is 0.326 e. The Labute approximate surface area is 163 Å². The van der Waals surface area contributed by atoms with Gasteiger partial charge in [-0.3, -0.25) is 4.79 Å². The maximum absolute atomic E-state index is 12.5. The summed E-state index contributed by atoms with van der Waals surface area (Å²) in [7, 11) is 0. The summed E-state index contributed by atoms with van der Waals surface area (Å²) in [6.45, 7) is 4.58. The maximum atomic E-state index is 12.5. The van der Waals surface area contributed by atoms with E-state index in [1.165, 1.54) is 18.4 Å². The Bertz CT molecular complexity index is 680. The lowest BCUT2D eigenvalue weighted by molar-refractivity contribution is -0.116. The van der Waals surface area contributed by atoms with Gasteiger partial charge in [-0.25, -0.2) is 0 Å². The summed E-state index contributed by atoms with van der Waals surface area (Å²) in [5.41, 5.74) is 2.28. The molecule has 2 N–H and O–H groups in total. The first-order chi connectivity index (χ1) is 13.2. The van der Waals surface area contributed by atoms with Gasteiger partial charge in [0.2, 0.25) is 5.91 Å². The minimum Gasteiger partial charge on any atom is -0.326 e. The van der Waals surface area contributed by atoms with E-state index < -0.39 is 0 Å². The van der Waals surface area contributed by atoms with Gasteiger partial charge in [-0.1, -0.05) is 55.5 Å². The number of piperidine rings is 1. The van der Waals surface area contributed by atoms with Gasteiger partial charge < -0.3 is 10.6 Å². The fourth-order valence-electron chi connectivity index (χ4n) is 4.41. The lowest BCUT2D eigenvalue weighted by atomic mass is 9.74. The number of benzene rings is 2. The molecule has 3 unspecified atom stereocenters. The van der Waals surface area contributed by atoms with Gasteiger partial charge >= 0.3 is 0 Å². The summed E-state index contributed by atoms with van der Waals surface area (Å²) < 4.78 is 0. The molecule has 3 atom stereocenters. The van der Waals surface area contributed by atoms with Crippen molar-refractivity contribution in [2.75, 3.05) is 18.4 Å². The van der Waals surface area contributed by atoms with Crippen LogP contribution >= 0.6 is 0 Å². The van der Waals surface area contributed by atoms with Gasteiger partial charge in [0.25, 0.3) is 0 Å². The summed E-state index contributed by atoms with van der Waals surface area (Å²) in [6, 6.07) is 20.5. The third kappa shape index (κ3) is 6.21. The maximum Gasteiger partial charge on any atom is 0.224 e. The number of carbonyl (C=O) groups is 1. The molecule has 2 aromatic rings. The van der Waals surface area contributed by atoms with Gasteiger partial charge in [0, 0.05) is 12.1 Å². The van der Waals surface area contributed by atoms with Crippen molar-refractivity contribution in [1.82, 2.24) is 5.32 Å². The number of nitrogens with one attached hydrogen (secondary N) is 2. The van der Waals surface area contributed by atoms with Crippen molar-refractivity contribution in [3.8, 4) is 0 Å². The third-order valence-electron chi connectivity index (χ3n) is 5.83. The molecule has 3 heteroatoms. The molecule has 2 aromatic carbocycles. The van der Waals surface area contributed by atoms with Crippen LogP contribution in [0.2, 0.25) is 0 Å². The molecule has 1 heterocycles. The van der Waals surface area contributed by atoms with E-state index in [2.05, 4.69) is 47.9 Å². The molecule has 1 amide bonds. The summed E-state index contributed by atoms with van der Waals surface area (Å²) in [5, 5.41) is 6.60. The predicted octanol–water partition coefficient (Wildman–Crippen LogP) is 4.90. The van der Waals surface area contributed by atoms with Gasteiger partial charge in [0.15, 0.2) is 0 Å². The van der Waals surface area contributed by atoms with Crippen LogP contribution in [0.5, 0.6) is 0 Å². The number of hydrogen-bond acceptors (Lipinski definition) is 2. The lowest BCUT2D eigenvalue weighted by Gasteiger charge is -2.35. The number of para-hydroxylation sites is 1. The number of anilines is 1. The summed E-state index contributed by atoms with van der Waals surface area (Å²) in [6.07, 6.45) is 5.16. The van der Waals surface area contributed by atoms with Gasteiger partial charge in [-0.15, -0.1) is 0 Å². The number of rotatable bonds is 8. The van der Waals surface area contributed by atoms with Crippen LogP contribution in [-0.4, -0.2) is 19.0 Å². The first-order valence-corrected chi connectivity index (χ1v) is 10.3. The zero-order valence-electron chi connectivity index (χ0n) is 16.4. The number of hydrogen-bond donors (Lipinski definition) is 2. The molecule has 27 heavy (non-hydrogen) atoms. The van der Waals surface area contributed by atoms with Crippen LogP contribution in [0.15, 0.2) is 60.7 Å². The van der Waals surface area contributed by atoms with E-state index >= 15 is 0 Å². The molecule has 1 fully saturated rings. The van der Waals surface area contributed by atoms with Crippen molar-refractivity contribution in [2.24, 2.45) is 17.8 Å². The highest BCUT2D eigenvalue weighted by atomic mass is 16.1. The molecule has 0 saturated carbocycles. The molecular formula is C24H32N2O. The second-order valence-electron chi connectivity index (χ2n) is 7.89. The Morgan fingerprint density at radius 3 is 2.48 bits per heavy atom. The van der Waals surface area contributed by atoms with Crippen LogP contribution in [0, 0.1) is 17.8 Å². The average molecular weight is 365 g/mol. The summed E-state index contributed by atoms with van der Waals surface area (Å²) >= 11 is 0. The predicted molar refractivity (Wildman–Crippen MR) is 113 cm³/mol. The fraction of sp³-hybridized carbons (Fsp3) is 0.458. The molecule has 0 aliphatic carbocycles. The minimum absolute atomic E-state index is 0.127. The van der Waals surface area contributed by atoms with Crippen LogP contribution in [-0.2, 0) is 11.2 Å². The monoisotopic (exact) mass is 364 g/mol. The Balaban J connectivity index is 1.59. The van der Waals surface area contributed by atoms with Crippen LogP contribution < -0.4 is 10.6 Å². The topological polar surface area (TPSA) is 41.1 Å². The van der Waals surface area contributed by atoms with Crippen molar-refractivity contribution in [2.45, 2.75) is 39.0 Å². The summed E-state index contributed by atoms with van der Waals surface area (Å²) in [4.78, 5) is 12.5. The van der Waals surface area contributed by atoms with E-state index in [0.717, 1.165) is 31.6 Å². The van der Waals surface area contributed by atoms with Crippen LogP contribution in [0.25, 0.3) is 0 Å². The van der Waals surface area contributed by atoms with Gasteiger partial charge in [0.05, 0.1) is 0 Å². The fourth-order valence-corrected chi connectivity index (χ4v) is 4.41. The van der Waals surface area contributed by atoms with Crippen molar-refractivity contribution >= 4 is 11.6 Å². The molecule has 0 spiro atoms. The number of carbonyl (C=O) groups excluding carboxylic acids is 1. The lowest BCUT2D eigenvalue weighted by Crippen LogP contribution is -2.37. The van der Waals surface area contributed by atoms with Crippen molar-refractivity contribution in [3.05, 3.63) is 66.2 Å². The molecule has 1 aliphatic rings. The normalized spacial score (nSPS) is 19.2. The Morgan fingerprint density at radius 1 is 1.11 bits per heavy atom. The zero-order chi connectivity index (χ0) is 18.9. The molecule has 1 saturated heterocycles.